The highest BCUT2D eigenvalue weighted by Gasteiger charge is 2.18. The number of nitrogens with zero attached hydrogens (tertiary/aromatic N) is 2. The van der Waals surface area contributed by atoms with Crippen LogP contribution in [0.2, 0.25) is 0 Å². The first-order valence-electron chi connectivity index (χ1n) is 12.9. The molecule has 0 aliphatic carbocycles. The zero-order valence-electron chi connectivity index (χ0n) is 21.9. The summed E-state index contributed by atoms with van der Waals surface area (Å²) in [6.45, 7) is 2.74. The quantitative estimate of drug-likeness (QED) is 0.274. The summed E-state index contributed by atoms with van der Waals surface area (Å²) in [5.74, 6) is 2.17. The predicted octanol–water partition coefficient (Wildman–Crippen LogP) is 5.96. The van der Waals surface area contributed by atoms with Gasteiger partial charge >= 0.3 is 0 Å². The van der Waals surface area contributed by atoms with Gasteiger partial charge in [-0.3, -0.25) is 4.79 Å². The van der Waals surface area contributed by atoms with Gasteiger partial charge in [0.2, 0.25) is 12.7 Å². The second-order valence-corrected chi connectivity index (χ2v) is 9.62. The fourth-order valence-electron chi connectivity index (χ4n) is 4.90. The molecule has 7 nitrogen and oxygen atoms in total. The molecule has 0 saturated heterocycles. The summed E-state index contributed by atoms with van der Waals surface area (Å²) in [5.41, 5.74) is 8.00. The lowest BCUT2D eigenvalue weighted by Crippen LogP contribution is -2.23. The first-order chi connectivity index (χ1) is 19.1. The van der Waals surface area contributed by atoms with E-state index in [2.05, 4.69) is 53.2 Å². The number of pyridine rings is 1. The lowest BCUT2D eigenvalue weighted by Gasteiger charge is -2.10. The monoisotopic (exact) mass is 519 g/mol. The van der Waals surface area contributed by atoms with Crippen LogP contribution in [0.25, 0.3) is 28.0 Å². The molecule has 196 valence electrons. The number of imidazole rings is 1. The number of nitrogens with one attached hydrogen (secondary N) is 1. The fourth-order valence-corrected chi connectivity index (χ4v) is 4.90. The van der Waals surface area contributed by atoms with Gasteiger partial charge < -0.3 is 23.9 Å². The Morgan fingerprint density at radius 3 is 2.67 bits per heavy atom. The topological polar surface area (TPSA) is 74.1 Å². The van der Waals surface area contributed by atoms with Gasteiger partial charge in [-0.25, -0.2) is 4.98 Å². The van der Waals surface area contributed by atoms with Crippen molar-refractivity contribution in [2.24, 2.45) is 0 Å². The Morgan fingerprint density at radius 1 is 0.949 bits per heavy atom. The molecule has 0 unspecified atom stereocenters. The molecule has 0 saturated carbocycles. The van der Waals surface area contributed by atoms with Crippen LogP contribution in [0.15, 0.2) is 85.1 Å². The molecule has 7 heteroatoms. The SMILES string of the molecule is COc1cccc(-c2nc3ccc(-c4cccc(C)c4)cn3c2CCC(=O)NCc2ccc3c(c2)OCO3)c1. The van der Waals surface area contributed by atoms with Crippen molar-refractivity contribution in [2.75, 3.05) is 13.9 Å². The summed E-state index contributed by atoms with van der Waals surface area (Å²) in [4.78, 5) is 17.9. The van der Waals surface area contributed by atoms with Gasteiger partial charge in [-0.2, -0.15) is 0 Å². The molecule has 39 heavy (non-hydrogen) atoms. The van der Waals surface area contributed by atoms with Crippen molar-refractivity contribution in [1.29, 1.82) is 0 Å². The molecule has 1 aliphatic heterocycles. The first-order valence-corrected chi connectivity index (χ1v) is 12.9. The van der Waals surface area contributed by atoms with Crippen LogP contribution >= 0.6 is 0 Å². The molecule has 3 aromatic carbocycles. The Labute approximate surface area is 227 Å². The molecule has 1 aliphatic rings. The van der Waals surface area contributed by atoms with E-state index in [1.54, 1.807) is 7.11 Å². The van der Waals surface area contributed by atoms with Gasteiger partial charge in [0.05, 0.1) is 18.5 Å². The largest absolute Gasteiger partial charge is 0.497 e. The average molecular weight is 520 g/mol. The summed E-state index contributed by atoms with van der Waals surface area (Å²) in [6.07, 6.45) is 2.96. The van der Waals surface area contributed by atoms with Crippen LogP contribution in [0.3, 0.4) is 0 Å². The van der Waals surface area contributed by atoms with E-state index in [9.17, 15) is 4.79 Å². The molecule has 3 heterocycles. The van der Waals surface area contributed by atoms with E-state index in [4.69, 9.17) is 19.2 Å². The molecule has 0 atom stereocenters. The van der Waals surface area contributed by atoms with E-state index in [1.807, 2.05) is 48.5 Å². The highest BCUT2D eigenvalue weighted by atomic mass is 16.7. The number of aromatic nitrogens is 2. The van der Waals surface area contributed by atoms with E-state index < -0.39 is 0 Å². The summed E-state index contributed by atoms with van der Waals surface area (Å²) in [5, 5.41) is 3.04. The van der Waals surface area contributed by atoms with Crippen LogP contribution in [0.1, 0.15) is 23.2 Å². The van der Waals surface area contributed by atoms with E-state index >= 15 is 0 Å². The summed E-state index contributed by atoms with van der Waals surface area (Å²) in [7, 11) is 1.66. The van der Waals surface area contributed by atoms with Gasteiger partial charge in [-0.05, 0) is 66.4 Å². The second-order valence-electron chi connectivity index (χ2n) is 9.62. The van der Waals surface area contributed by atoms with Crippen molar-refractivity contribution in [3.05, 3.63) is 102 Å². The summed E-state index contributed by atoms with van der Waals surface area (Å²) >= 11 is 0. The lowest BCUT2D eigenvalue weighted by atomic mass is 10.0. The van der Waals surface area contributed by atoms with E-state index in [0.29, 0.717) is 25.1 Å². The number of benzene rings is 3. The highest BCUT2D eigenvalue weighted by molar-refractivity contribution is 5.77. The van der Waals surface area contributed by atoms with Crippen molar-refractivity contribution in [2.45, 2.75) is 26.3 Å². The maximum absolute atomic E-state index is 12.9. The van der Waals surface area contributed by atoms with Crippen LogP contribution in [0.5, 0.6) is 17.2 Å². The Balaban J connectivity index is 1.28. The van der Waals surface area contributed by atoms with E-state index in [-0.39, 0.29) is 12.7 Å². The number of amides is 1. The van der Waals surface area contributed by atoms with Crippen LogP contribution in [0, 0.1) is 6.92 Å². The normalized spacial score (nSPS) is 12.1. The molecule has 2 aromatic heterocycles. The van der Waals surface area contributed by atoms with Crippen molar-refractivity contribution in [3.8, 4) is 39.6 Å². The molecular formula is C32H29N3O4. The summed E-state index contributed by atoms with van der Waals surface area (Å²) in [6, 6.07) is 26.1. The Kier molecular flexibility index (Phi) is 6.63. The van der Waals surface area contributed by atoms with Gasteiger partial charge in [0.15, 0.2) is 11.5 Å². The number of ether oxygens (including phenoxy) is 3. The predicted molar refractivity (Wildman–Crippen MR) is 150 cm³/mol. The van der Waals surface area contributed by atoms with Gasteiger partial charge in [-0.1, -0.05) is 48.0 Å². The lowest BCUT2D eigenvalue weighted by molar-refractivity contribution is -0.121. The number of hydrogen-bond acceptors (Lipinski definition) is 5. The molecule has 1 N–H and O–H groups in total. The van der Waals surface area contributed by atoms with Gasteiger partial charge in [-0.15, -0.1) is 0 Å². The zero-order valence-corrected chi connectivity index (χ0v) is 21.9. The number of fused-ring (bicyclic) bond motifs is 2. The first kappa shape index (κ1) is 24.6. The standard InChI is InChI=1S/C32H29N3O4/c1-21-5-3-6-23(15-21)25-10-13-30-34-32(24-7-4-8-26(17-24)37-2)27(35(30)19-25)11-14-31(36)33-18-22-9-12-28-29(16-22)39-20-38-28/h3-10,12-13,15-17,19H,11,14,18,20H2,1-2H3,(H,33,36). The van der Waals surface area contributed by atoms with Crippen LogP contribution in [-0.4, -0.2) is 29.2 Å². The maximum atomic E-state index is 12.9. The van der Waals surface area contributed by atoms with Crippen molar-refractivity contribution in [1.82, 2.24) is 14.7 Å². The number of rotatable bonds is 8. The molecule has 1 amide bonds. The minimum absolute atomic E-state index is 0.0333. The Hall–Kier alpha value is -4.78. The molecular weight excluding hydrogens is 490 g/mol. The van der Waals surface area contributed by atoms with E-state index in [0.717, 1.165) is 50.8 Å². The molecule has 6 rings (SSSR count). The third-order valence-electron chi connectivity index (χ3n) is 6.93. The molecule has 0 fully saturated rings. The molecule has 0 radical (unpaired) electrons. The number of hydrogen-bond donors (Lipinski definition) is 1. The Bertz CT molecular complexity index is 1670. The van der Waals surface area contributed by atoms with Crippen molar-refractivity contribution >= 4 is 11.6 Å². The van der Waals surface area contributed by atoms with Gasteiger partial charge in [0.25, 0.3) is 0 Å². The highest BCUT2D eigenvalue weighted by Crippen LogP contribution is 2.33. The number of carbonyl (C=O) groups is 1. The molecule has 5 aromatic rings. The van der Waals surface area contributed by atoms with Gasteiger partial charge in [0, 0.05) is 24.7 Å². The summed E-state index contributed by atoms with van der Waals surface area (Å²) < 4.78 is 18.4. The van der Waals surface area contributed by atoms with Crippen LogP contribution in [0.4, 0.5) is 0 Å². The minimum Gasteiger partial charge on any atom is -0.497 e. The molecule has 0 spiro atoms. The van der Waals surface area contributed by atoms with Crippen LogP contribution in [-0.2, 0) is 17.8 Å². The smallest absolute Gasteiger partial charge is 0.231 e. The third-order valence-corrected chi connectivity index (χ3v) is 6.93. The maximum Gasteiger partial charge on any atom is 0.231 e. The average Bonchev–Trinajstić information content (AvgIpc) is 3.59. The third kappa shape index (κ3) is 5.16. The fraction of sp³-hybridized carbons (Fsp3) is 0.188. The number of aryl methyl sites for hydroxylation is 2. The number of methoxy groups -OCH3 is 1. The Morgan fingerprint density at radius 2 is 1.79 bits per heavy atom. The minimum atomic E-state index is -0.0333. The van der Waals surface area contributed by atoms with Crippen molar-refractivity contribution < 1.29 is 19.0 Å². The van der Waals surface area contributed by atoms with Crippen molar-refractivity contribution in [3.63, 3.8) is 0 Å². The second kappa shape index (κ2) is 10.5. The number of carbonyl (C=O) groups excluding carboxylic acids is 1. The molecule has 0 bridgehead atoms. The van der Waals surface area contributed by atoms with E-state index in [1.165, 1.54) is 5.56 Å². The van der Waals surface area contributed by atoms with Crippen LogP contribution < -0.4 is 19.5 Å². The van der Waals surface area contributed by atoms with Gasteiger partial charge in [0.1, 0.15) is 11.4 Å². The zero-order chi connectivity index (χ0) is 26.8.